The van der Waals surface area contributed by atoms with Gasteiger partial charge in [0.25, 0.3) is 5.91 Å². The number of carbonyl (C=O) groups is 2. The number of nitrogens with zero attached hydrogens (tertiary/aromatic N) is 3. The number of aromatic nitrogens is 4. The van der Waals surface area contributed by atoms with Crippen LogP contribution in [0.4, 0.5) is 5.69 Å². The topological polar surface area (TPSA) is 179 Å². The molecule has 37 heavy (non-hydrogen) atoms. The second-order valence-electron chi connectivity index (χ2n) is 8.97. The highest BCUT2D eigenvalue weighted by Crippen LogP contribution is 2.38. The molecule has 2 amide bonds. The lowest BCUT2D eigenvalue weighted by Gasteiger charge is -2.20. The number of fused-ring (bicyclic) bond motifs is 3. The van der Waals surface area contributed by atoms with Gasteiger partial charge >= 0.3 is 0 Å². The van der Waals surface area contributed by atoms with Gasteiger partial charge in [0, 0.05) is 41.4 Å². The van der Waals surface area contributed by atoms with Gasteiger partial charge in [0.2, 0.25) is 5.91 Å². The monoisotopic (exact) mass is 519 g/mol. The number of primary amides is 1. The first-order valence-electron chi connectivity index (χ1n) is 11.5. The van der Waals surface area contributed by atoms with E-state index in [2.05, 4.69) is 20.4 Å². The van der Waals surface area contributed by atoms with E-state index in [0.29, 0.717) is 41.9 Å². The number of nitrogens with one attached hydrogen (secondary N) is 2. The third kappa shape index (κ3) is 4.76. The van der Waals surface area contributed by atoms with Gasteiger partial charge in [0.05, 0.1) is 28.6 Å². The van der Waals surface area contributed by atoms with Crippen molar-refractivity contribution < 1.29 is 18.0 Å². The molecule has 1 atom stereocenters. The number of H-pyrrole nitrogens is 1. The van der Waals surface area contributed by atoms with E-state index in [1.807, 2.05) is 12.1 Å². The summed E-state index contributed by atoms with van der Waals surface area (Å²) in [4.78, 5) is 32.0. The molecule has 0 fully saturated rings. The molecule has 2 heterocycles. The number of hydrogen-bond acceptors (Lipinski definition) is 7. The number of hydrogen-bond donors (Lipinski definition) is 4. The molecule has 2 aromatic carbocycles. The molecule has 4 aromatic rings. The van der Waals surface area contributed by atoms with Crippen molar-refractivity contribution in [1.29, 1.82) is 0 Å². The Balaban J connectivity index is 1.53. The summed E-state index contributed by atoms with van der Waals surface area (Å²) in [5, 5.41) is 7.35. The van der Waals surface area contributed by atoms with Crippen LogP contribution in [0.1, 0.15) is 27.3 Å². The molecule has 2 aromatic heterocycles. The average molecular weight is 520 g/mol. The molecule has 1 aliphatic rings. The molecular formula is C25H25N7O4S. The quantitative estimate of drug-likeness (QED) is 0.285. The Bertz CT molecular complexity index is 1610. The number of amides is 2. The highest BCUT2D eigenvalue weighted by atomic mass is 32.2. The van der Waals surface area contributed by atoms with Gasteiger partial charge in [-0.1, -0.05) is 6.07 Å². The highest BCUT2D eigenvalue weighted by Gasteiger charge is 2.28. The number of anilines is 1. The second-order valence-corrected chi connectivity index (χ2v) is 11.0. The number of aryl methyl sites for hydroxylation is 1. The number of carbonyl (C=O) groups excluding carboxylic acids is 2. The molecule has 0 bridgehead atoms. The van der Waals surface area contributed by atoms with Crippen LogP contribution in [0, 0.1) is 0 Å². The van der Waals surface area contributed by atoms with Gasteiger partial charge in [-0.15, -0.1) is 0 Å². The molecule has 12 heteroatoms. The molecule has 11 nitrogen and oxygen atoms in total. The molecular weight excluding hydrogens is 494 g/mol. The van der Waals surface area contributed by atoms with Crippen molar-refractivity contribution in [3.8, 4) is 16.9 Å². The fraction of sp³-hybridized carbons (Fsp3) is 0.200. The Hall–Kier alpha value is -4.29. The van der Waals surface area contributed by atoms with Gasteiger partial charge in [-0.25, -0.2) is 18.1 Å². The average Bonchev–Trinajstić information content (AvgIpc) is 3.51. The van der Waals surface area contributed by atoms with E-state index in [0.717, 1.165) is 23.1 Å². The zero-order chi connectivity index (χ0) is 26.3. The predicted molar refractivity (Wildman–Crippen MR) is 137 cm³/mol. The van der Waals surface area contributed by atoms with Crippen LogP contribution in [0.5, 0.6) is 0 Å². The van der Waals surface area contributed by atoms with Crippen molar-refractivity contribution in [2.75, 3.05) is 11.6 Å². The highest BCUT2D eigenvalue weighted by molar-refractivity contribution is 7.90. The molecule has 0 saturated carbocycles. The predicted octanol–water partition coefficient (Wildman–Crippen LogP) is 1.37. The first-order chi connectivity index (χ1) is 17.6. The van der Waals surface area contributed by atoms with Gasteiger partial charge in [-0.2, -0.15) is 5.10 Å². The normalized spacial score (nSPS) is 13.5. The van der Waals surface area contributed by atoms with Crippen LogP contribution in [0.25, 0.3) is 16.9 Å². The molecule has 6 N–H and O–H groups in total. The van der Waals surface area contributed by atoms with E-state index >= 15 is 0 Å². The van der Waals surface area contributed by atoms with Gasteiger partial charge in [0.15, 0.2) is 15.5 Å². The minimum absolute atomic E-state index is 0.156. The lowest BCUT2D eigenvalue weighted by molar-refractivity contribution is -0.117. The molecule has 0 aliphatic heterocycles. The summed E-state index contributed by atoms with van der Waals surface area (Å²) >= 11 is 0. The molecule has 1 aliphatic carbocycles. The van der Waals surface area contributed by atoms with E-state index < -0.39 is 21.8 Å². The third-order valence-electron chi connectivity index (χ3n) is 6.33. The van der Waals surface area contributed by atoms with Crippen molar-refractivity contribution >= 4 is 27.3 Å². The Morgan fingerprint density at radius 3 is 2.57 bits per heavy atom. The van der Waals surface area contributed by atoms with Gasteiger partial charge in [-0.3, -0.25) is 9.59 Å². The van der Waals surface area contributed by atoms with E-state index in [-0.39, 0.29) is 16.5 Å². The van der Waals surface area contributed by atoms with E-state index in [9.17, 15) is 18.0 Å². The van der Waals surface area contributed by atoms with Crippen molar-refractivity contribution in [2.45, 2.75) is 30.2 Å². The summed E-state index contributed by atoms with van der Waals surface area (Å²) in [6.45, 7) is 0. The first kappa shape index (κ1) is 24.4. The third-order valence-corrected chi connectivity index (χ3v) is 7.46. The van der Waals surface area contributed by atoms with Crippen molar-refractivity contribution in [2.24, 2.45) is 11.5 Å². The Morgan fingerprint density at radius 1 is 1.16 bits per heavy atom. The lowest BCUT2D eigenvalue weighted by Crippen LogP contribution is -2.37. The summed E-state index contributed by atoms with van der Waals surface area (Å²) in [6, 6.07) is 11.0. The minimum Gasteiger partial charge on any atom is -0.364 e. The first-order valence-corrected chi connectivity index (χ1v) is 13.4. The van der Waals surface area contributed by atoms with Crippen LogP contribution < -0.4 is 16.8 Å². The summed E-state index contributed by atoms with van der Waals surface area (Å²) in [5.74, 6) is -1.01. The zero-order valence-electron chi connectivity index (χ0n) is 19.9. The van der Waals surface area contributed by atoms with Crippen molar-refractivity contribution in [1.82, 2.24) is 19.7 Å². The smallest absolute Gasteiger partial charge is 0.269 e. The second kappa shape index (κ2) is 9.30. The summed E-state index contributed by atoms with van der Waals surface area (Å²) in [6.07, 6.45) is 5.81. The van der Waals surface area contributed by atoms with Crippen molar-refractivity contribution in [3.05, 3.63) is 77.5 Å². The zero-order valence-corrected chi connectivity index (χ0v) is 20.7. The SMILES string of the molecule is CS(=O)(=O)c1ccc(-n2nc(C(N)=O)c3c2-c2cc(NC(=O)C(N)Cc4cnc[nH]4)ccc2CC3)cc1. The van der Waals surface area contributed by atoms with Gasteiger partial charge in [-0.05, 0) is 54.8 Å². The molecule has 0 radical (unpaired) electrons. The molecule has 1 unspecified atom stereocenters. The lowest BCUT2D eigenvalue weighted by atomic mass is 9.88. The number of aromatic amines is 1. The van der Waals surface area contributed by atoms with Crippen LogP contribution in [-0.4, -0.2) is 52.3 Å². The number of benzene rings is 2. The number of sulfone groups is 1. The summed E-state index contributed by atoms with van der Waals surface area (Å²) < 4.78 is 25.4. The maximum Gasteiger partial charge on any atom is 0.269 e. The number of rotatable bonds is 7. The summed E-state index contributed by atoms with van der Waals surface area (Å²) in [5.41, 5.74) is 16.9. The van der Waals surface area contributed by atoms with Gasteiger partial charge in [0.1, 0.15) is 0 Å². The Kier molecular flexibility index (Phi) is 6.13. The van der Waals surface area contributed by atoms with E-state index in [1.54, 1.807) is 29.1 Å². The van der Waals surface area contributed by atoms with E-state index in [4.69, 9.17) is 11.5 Å². The summed E-state index contributed by atoms with van der Waals surface area (Å²) in [7, 11) is -3.38. The van der Waals surface area contributed by atoms with Crippen molar-refractivity contribution in [3.63, 3.8) is 0 Å². The Labute approximate surface area is 212 Å². The Morgan fingerprint density at radius 2 is 1.92 bits per heavy atom. The van der Waals surface area contributed by atoms with Crippen LogP contribution >= 0.6 is 0 Å². The number of imidazole rings is 1. The molecule has 0 saturated heterocycles. The fourth-order valence-corrected chi connectivity index (χ4v) is 5.13. The largest absolute Gasteiger partial charge is 0.364 e. The fourth-order valence-electron chi connectivity index (χ4n) is 4.50. The van der Waals surface area contributed by atoms with Gasteiger partial charge < -0.3 is 21.8 Å². The molecule has 190 valence electrons. The minimum atomic E-state index is -3.38. The van der Waals surface area contributed by atoms with Crippen LogP contribution in [0.3, 0.4) is 0 Å². The van der Waals surface area contributed by atoms with Crippen LogP contribution in [0.15, 0.2) is 59.9 Å². The maximum atomic E-state index is 12.7. The van der Waals surface area contributed by atoms with Crippen LogP contribution in [0.2, 0.25) is 0 Å². The van der Waals surface area contributed by atoms with E-state index in [1.165, 1.54) is 18.5 Å². The molecule has 0 spiro atoms. The number of nitrogens with two attached hydrogens (primary N) is 2. The maximum absolute atomic E-state index is 12.7. The standard InChI is InChI=1S/C25H25N7O4S/c1-37(35,36)18-7-5-17(6-8-18)32-23-19(22(31-32)24(27)33)9-3-14-2-4-15(10-20(14)23)30-25(34)21(26)11-16-12-28-13-29-16/h2,4-8,10,12-13,21H,3,9,11,26H2,1H3,(H2,27,33)(H,28,29)(H,30,34). The molecule has 5 rings (SSSR count). The van der Waals surface area contributed by atoms with Crippen LogP contribution in [-0.2, 0) is 33.9 Å².